The van der Waals surface area contributed by atoms with E-state index in [0.717, 1.165) is 0 Å². The van der Waals surface area contributed by atoms with Gasteiger partial charge in [0.2, 0.25) is 0 Å². The van der Waals surface area contributed by atoms with Gasteiger partial charge in [0.25, 0.3) is 0 Å². The largest absolute Gasteiger partial charge is 0.469 e. The fraction of sp³-hybridized carbons (Fsp3) is 0.583. The van der Waals surface area contributed by atoms with Crippen molar-refractivity contribution in [3.05, 3.63) is 25.3 Å². The van der Waals surface area contributed by atoms with Crippen LogP contribution in [-0.2, 0) is 37.1 Å². The van der Waals surface area contributed by atoms with Crippen molar-refractivity contribution in [3.8, 4) is 0 Å². The minimum absolute atomic E-state index is 0. The number of methoxy groups -OCH3 is 2. The molecule has 4 atom stereocenters. The number of aromatic nitrogens is 8. The quantitative estimate of drug-likeness (QED) is 0.0584. The lowest BCUT2D eigenvalue weighted by Crippen LogP contribution is -2.30. The molecule has 50 heavy (non-hydrogen) atoms. The monoisotopic (exact) mass is 758 g/mol. The molecule has 0 unspecified atom stereocenters. The van der Waals surface area contributed by atoms with E-state index in [1.54, 1.807) is 0 Å². The highest BCUT2D eigenvalue weighted by atomic mass is 31.2. The number of ether oxygens (including phenoxy) is 4. The van der Waals surface area contributed by atoms with Gasteiger partial charge in [-0.25, -0.2) is 39.0 Å². The Balaban J connectivity index is 0.000000481. The molecule has 0 bridgehead atoms. The van der Waals surface area contributed by atoms with Crippen LogP contribution in [0, 0.1) is 0 Å². The summed E-state index contributed by atoms with van der Waals surface area (Å²) >= 11 is 0. The van der Waals surface area contributed by atoms with Crippen LogP contribution in [0.5, 0.6) is 0 Å². The summed E-state index contributed by atoms with van der Waals surface area (Å²) in [6.07, 6.45) is 1.64. The van der Waals surface area contributed by atoms with Crippen LogP contribution >= 0.6 is 15.6 Å². The molecule has 0 fully saturated rings. The van der Waals surface area contributed by atoms with E-state index in [-0.39, 0.29) is 39.7 Å². The van der Waals surface area contributed by atoms with Gasteiger partial charge in [-0.05, 0) is 0 Å². The molecule has 0 aliphatic rings. The summed E-state index contributed by atoms with van der Waals surface area (Å²) in [5.41, 5.74) is 12.8. The van der Waals surface area contributed by atoms with E-state index in [4.69, 9.17) is 50.0 Å². The van der Waals surface area contributed by atoms with Gasteiger partial charge in [0.1, 0.15) is 35.9 Å². The molecule has 4 aromatic rings. The van der Waals surface area contributed by atoms with Gasteiger partial charge in [-0.2, -0.15) is 0 Å². The number of hydrogen-bond acceptors (Lipinski definition) is 18. The zero-order valence-electron chi connectivity index (χ0n) is 25.4. The molecule has 0 saturated carbocycles. The molecular weight excluding hydrogens is 714 g/mol. The van der Waals surface area contributed by atoms with E-state index >= 15 is 0 Å². The third-order valence-corrected chi connectivity index (χ3v) is 6.94. The van der Waals surface area contributed by atoms with Gasteiger partial charge >= 0.3 is 15.6 Å². The Kier molecular flexibility index (Phi) is 18.3. The van der Waals surface area contributed by atoms with E-state index < -0.39 is 66.7 Å². The molecule has 0 spiro atoms. The molecule has 26 heteroatoms. The number of nitrogen functional groups attached to an aromatic ring is 2. The van der Waals surface area contributed by atoms with Crippen LogP contribution in [-0.4, -0.2) is 135 Å². The molecule has 0 saturated heterocycles. The summed E-state index contributed by atoms with van der Waals surface area (Å²) in [6, 6.07) is 0. The molecule has 4 rings (SSSR count). The average molecular weight is 759 g/mol. The number of phosphoric ester groups is 2. The van der Waals surface area contributed by atoms with E-state index in [2.05, 4.69) is 39.0 Å². The highest BCUT2D eigenvalue weighted by molar-refractivity contribution is 7.46. The number of hydrogen-bond donors (Lipinski definition) is 8. The van der Waals surface area contributed by atoms with Gasteiger partial charge < -0.3 is 60.2 Å². The third kappa shape index (κ3) is 13.1. The van der Waals surface area contributed by atoms with Gasteiger partial charge in [0.05, 0.1) is 52.3 Å². The predicted molar refractivity (Wildman–Crippen MR) is 175 cm³/mol. The lowest BCUT2D eigenvalue weighted by molar-refractivity contribution is -0.114. The lowest BCUT2D eigenvalue weighted by atomic mass is 10.4. The highest BCUT2D eigenvalue weighted by Crippen LogP contribution is 2.37. The van der Waals surface area contributed by atoms with Crippen molar-refractivity contribution >= 4 is 49.6 Å². The molecule has 284 valence electrons. The number of aliphatic hydroxyl groups excluding tert-OH is 2. The Hall–Kier alpha value is -3.32. The van der Waals surface area contributed by atoms with Gasteiger partial charge in [-0.1, -0.05) is 14.9 Å². The van der Waals surface area contributed by atoms with Crippen molar-refractivity contribution < 1.29 is 66.9 Å². The fourth-order valence-corrected chi connectivity index (χ4v) is 4.71. The molecule has 0 aliphatic heterocycles. The Bertz CT molecular complexity index is 1560. The van der Waals surface area contributed by atoms with Gasteiger partial charge in [0, 0.05) is 14.2 Å². The Morgan fingerprint density at radius 2 is 1.02 bits per heavy atom. The van der Waals surface area contributed by atoms with Crippen LogP contribution < -0.4 is 11.5 Å². The highest BCUT2D eigenvalue weighted by Gasteiger charge is 2.26. The summed E-state index contributed by atoms with van der Waals surface area (Å²) in [7, 11) is -6.53. The number of anilines is 2. The zero-order chi connectivity index (χ0) is 35.5. The first-order valence-electron chi connectivity index (χ1n) is 13.5. The maximum atomic E-state index is 10.8. The summed E-state index contributed by atoms with van der Waals surface area (Å²) < 4.78 is 54.4. The van der Waals surface area contributed by atoms with Crippen LogP contribution in [0.2, 0.25) is 0 Å². The number of nitrogens with zero attached hydrogens (tertiary/aromatic N) is 8. The number of rotatable bonds is 18. The number of phosphoric acid groups is 2. The molecule has 0 radical (unpaired) electrons. The molecule has 24 nitrogen and oxygen atoms in total. The van der Waals surface area contributed by atoms with Gasteiger partial charge in [-0.3, -0.25) is 18.2 Å². The van der Waals surface area contributed by atoms with Crippen molar-refractivity contribution in [2.24, 2.45) is 0 Å². The summed E-state index contributed by atoms with van der Waals surface area (Å²) in [6.45, 7) is -1.80. The van der Waals surface area contributed by atoms with Crippen LogP contribution in [0.1, 0.15) is 27.3 Å². The second-order valence-corrected chi connectivity index (χ2v) is 11.9. The second-order valence-electron chi connectivity index (χ2n) is 9.44. The summed E-state index contributed by atoms with van der Waals surface area (Å²) in [5, 5.41) is 19.2. The molecule has 0 aromatic carbocycles. The molecule has 0 amide bonds. The van der Waals surface area contributed by atoms with Crippen molar-refractivity contribution in [2.45, 2.75) is 39.5 Å². The summed E-state index contributed by atoms with van der Waals surface area (Å²) in [4.78, 5) is 58.9. The van der Waals surface area contributed by atoms with Crippen LogP contribution in [0.4, 0.5) is 11.6 Å². The standard InChI is InChI=1S/2C11H18N5O7P.2CH4/c2*1-21-3-7(4-22-24(18,19)20)23-8(2-17)16-6-15-9-10(12)13-5-14-11(9)16;;/h2*5-8,17H,2-4H2,1H3,(H2,12,13,14)(H2,18,19,20);2*1H4/t7-,8+;7-,8-;;/m00../s1. The first kappa shape index (κ1) is 44.7. The first-order valence-corrected chi connectivity index (χ1v) is 16.5. The molecular formula is C24H44N10O14P2. The average Bonchev–Trinajstić information content (AvgIpc) is 3.66. The number of aliphatic hydroxyl groups is 2. The molecule has 0 aliphatic carbocycles. The van der Waals surface area contributed by atoms with Crippen molar-refractivity contribution in [2.75, 3.05) is 65.3 Å². The van der Waals surface area contributed by atoms with Crippen molar-refractivity contribution in [3.63, 3.8) is 0 Å². The van der Waals surface area contributed by atoms with Crippen molar-refractivity contribution in [1.82, 2.24) is 39.0 Å². The van der Waals surface area contributed by atoms with Crippen molar-refractivity contribution in [1.29, 1.82) is 0 Å². The van der Waals surface area contributed by atoms with Gasteiger partial charge in [-0.15, -0.1) is 0 Å². The molecule has 10 N–H and O–H groups in total. The predicted octanol–water partition coefficient (Wildman–Crippen LogP) is -0.647. The SMILES string of the molecule is C.C.COC[C@@H](COP(=O)(O)O)O[C@@H](CO)n1cnc2c(N)ncnc21.COC[C@@H](COP(=O)(O)O)O[C@H](CO)n1cnc2c(N)ncnc21. The fourth-order valence-electron chi connectivity index (χ4n) is 3.98. The van der Waals surface area contributed by atoms with Gasteiger partial charge in [0.15, 0.2) is 35.4 Å². The second kappa shape index (κ2) is 20.5. The molecule has 4 heterocycles. The van der Waals surface area contributed by atoms with E-state index in [9.17, 15) is 19.3 Å². The Labute approximate surface area is 285 Å². The number of imidazole rings is 2. The van der Waals surface area contributed by atoms with Crippen LogP contribution in [0.25, 0.3) is 22.3 Å². The third-order valence-electron chi connectivity index (χ3n) is 5.97. The van der Waals surface area contributed by atoms with Crippen LogP contribution in [0.15, 0.2) is 25.3 Å². The maximum absolute atomic E-state index is 10.8. The first-order chi connectivity index (χ1) is 22.7. The number of nitrogens with two attached hydrogens (primary N) is 2. The maximum Gasteiger partial charge on any atom is 0.469 e. The Morgan fingerprint density at radius 1 is 0.660 bits per heavy atom. The molecule has 4 aromatic heterocycles. The smallest absolute Gasteiger partial charge is 0.392 e. The zero-order valence-corrected chi connectivity index (χ0v) is 27.2. The summed E-state index contributed by atoms with van der Waals surface area (Å²) in [5.74, 6) is 0.349. The Morgan fingerprint density at radius 3 is 1.32 bits per heavy atom. The minimum Gasteiger partial charge on any atom is -0.392 e. The van der Waals surface area contributed by atoms with E-state index in [1.165, 1.54) is 48.7 Å². The number of fused-ring (bicyclic) bond motifs is 2. The minimum atomic E-state index is -4.66. The topological polar surface area (TPSA) is 350 Å². The van der Waals surface area contributed by atoms with Crippen LogP contribution in [0.3, 0.4) is 0 Å². The van der Waals surface area contributed by atoms with E-state index in [1.807, 2.05) is 0 Å². The lowest BCUT2D eigenvalue weighted by Gasteiger charge is -2.24. The normalized spacial score (nSPS) is 14.2. The van der Waals surface area contributed by atoms with E-state index in [0.29, 0.717) is 22.3 Å².